The van der Waals surface area contributed by atoms with Gasteiger partial charge >= 0.3 is 0 Å². The SMILES string of the molecule is CC1(C(=O)Cc2cccc(F)c2Cl)CCCNC1. The lowest BCUT2D eigenvalue weighted by Crippen LogP contribution is -2.44. The molecule has 1 aliphatic heterocycles. The molecule has 0 saturated carbocycles. The minimum absolute atomic E-state index is 0.0678. The van der Waals surface area contributed by atoms with Crippen LogP contribution in [0.15, 0.2) is 18.2 Å². The summed E-state index contributed by atoms with van der Waals surface area (Å²) >= 11 is 5.88. The zero-order chi connectivity index (χ0) is 13.2. The molecule has 0 amide bonds. The number of carbonyl (C=O) groups excluding carboxylic acids is 1. The Morgan fingerprint density at radius 1 is 1.56 bits per heavy atom. The normalized spacial score (nSPS) is 23.9. The molecule has 1 aliphatic rings. The van der Waals surface area contributed by atoms with Gasteiger partial charge in [-0.25, -0.2) is 4.39 Å². The fraction of sp³-hybridized carbons (Fsp3) is 0.500. The fourth-order valence-corrected chi connectivity index (χ4v) is 2.56. The molecule has 18 heavy (non-hydrogen) atoms. The molecular weight excluding hydrogens is 253 g/mol. The largest absolute Gasteiger partial charge is 0.316 e. The quantitative estimate of drug-likeness (QED) is 0.914. The summed E-state index contributed by atoms with van der Waals surface area (Å²) in [6, 6.07) is 4.61. The highest BCUT2D eigenvalue weighted by atomic mass is 35.5. The first-order valence-electron chi connectivity index (χ1n) is 6.20. The number of rotatable bonds is 3. The second kappa shape index (κ2) is 5.37. The molecule has 1 atom stereocenters. The van der Waals surface area contributed by atoms with Crippen LogP contribution in [0.5, 0.6) is 0 Å². The van der Waals surface area contributed by atoms with E-state index in [4.69, 9.17) is 11.6 Å². The van der Waals surface area contributed by atoms with Crippen LogP contribution in [-0.4, -0.2) is 18.9 Å². The van der Waals surface area contributed by atoms with Crippen molar-refractivity contribution in [2.24, 2.45) is 5.41 Å². The minimum atomic E-state index is -0.464. The van der Waals surface area contributed by atoms with Crippen LogP contribution in [0.4, 0.5) is 4.39 Å². The van der Waals surface area contributed by atoms with Crippen molar-refractivity contribution in [3.63, 3.8) is 0 Å². The number of hydrogen-bond donors (Lipinski definition) is 1. The Labute approximate surface area is 112 Å². The Hall–Kier alpha value is -0.930. The summed E-state index contributed by atoms with van der Waals surface area (Å²) in [4.78, 5) is 12.3. The monoisotopic (exact) mass is 269 g/mol. The van der Waals surface area contributed by atoms with Crippen molar-refractivity contribution in [1.82, 2.24) is 5.32 Å². The molecule has 2 nitrogen and oxygen atoms in total. The molecule has 1 heterocycles. The molecule has 98 valence electrons. The first-order chi connectivity index (χ1) is 8.53. The number of carbonyl (C=O) groups is 1. The molecule has 1 unspecified atom stereocenters. The van der Waals surface area contributed by atoms with E-state index < -0.39 is 5.82 Å². The van der Waals surface area contributed by atoms with Crippen LogP contribution in [0.3, 0.4) is 0 Å². The standard InChI is InChI=1S/C14H17ClFNO/c1-14(6-3-7-17-9-14)12(18)8-10-4-2-5-11(16)13(10)15/h2,4-5,17H,3,6-9H2,1H3. The van der Waals surface area contributed by atoms with Crippen molar-refractivity contribution in [3.05, 3.63) is 34.6 Å². The van der Waals surface area contributed by atoms with Crippen molar-refractivity contribution < 1.29 is 9.18 Å². The van der Waals surface area contributed by atoms with Crippen LogP contribution in [-0.2, 0) is 11.2 Å². The average Bonchev–Trinajstić information content (AvgIpc) is 2.36. The van der Waals surface area contributed by atoms with Crippen molar-refractivity contribution in [3.8, 4) is 0 Å². The zero-order valence-electron chi connectivity index (χ0n) is 10.4. The molecule has 2 rings (SSSR count). The van der Waals surface area contributed by atoms with Crippen LogP contribution in [0.1, 0.15) is 25.3 Å². The maximum Gasteiger partial charge on any atom is 0.144 e. The van der Waals surface area contributed by atoms with E-state index in [9.17, 15) is 9.18 Å². The highest BCUT2D eigenvalue weighted by Crippen LogP contribution is 2.29. The molecule has 0 spiro atoms. The highest BCUT2D eigenvalue weighted by molar-refractivity contribution is 6.31. The highest BCUT2D eigenvalue weighted by Gasteiger charge is 2.34. The van der Waals surface area contributed by atoms with Gasteiger partial charge in [0.25, 0.3) is 0 Å². The number of Topliss-reactive ketones (excluding diaryl/α,β-unsaturated/α-hetero) is 1. The van der Waals surface area contributed by atoms with Crippen LogP contribution >= 0.6 is 11.6 Å². The van der Waals surface area contributed by atoms with Gasteiger partial charge < -0.3 is 5.32 Å². The van der Waals surface area contributed by atoms with E-state index in [1.165, 1.54) is 6.07 Å². The maximum absolute atomic E-state index is 13.3. The van der Waals surface area contributed by atoms with Crippen molar-refractivity contribution in [1.29, 1.82) is 0 Å². The van der Waals surface area contributed by atoms with Crippen LogP contribution < -0.4 is 5.32 Å². The van der Waals surface area contributed by atoms with Crippen LogP contribution in [0.2, 0.25) is 5.02 Å². The van der Waals surface area contributed by atoms with Crippen molar-refractivity contribution in [2.75, 3.05) is 13.1 Å². The lowest BCUT2D eigenvalue weighted by Gasteiger charge is -2.32. The predicted octanol–water partition coefficient (Wildman–Crippen LogP) is 2.98. The van der Waals surface area contributed by atoms with E-state index in [1.54, 1.807) is 12.1 Å². The Morgan fingerprint density at radius 2 is 2.33 bits per heavy atom. The van der Waals surface area contributed by atoms with Gasteiger partial charge in [0.15, 0.2) is 0 Å². The lowest BCUT2D eigenvalue weighted by atomic mass is 9.77. The van der Waals surface area contributed by atoms with Crippen LogP contribution in [0, 0.1) is 11.2 Å². The van der Waals surface area contributed by atoms with E-state index in [1.807, 2.05) is 6.92 Å². The van der Waals surface area contributed by atoms with Gasteiger partial charge in [-0.3, -0.25) is 4.79 Å². The number of piperidine rings is 1. The Kier molecular flexibility index (Phi) is 4.03. The maximum atomic E-state index is 13.3. The molecule has 0 bridgehead atoms. The summed E-state index contributed by atoms with van der Waals surface area (Å²) in [5.41, 5.74) is 0.224. The molecular formula is C14H17ClFNO. The van der Waals surface area contributed by atoms with E-state index in [-0.39, 0.29) is 22.6 Å². The second-order valence-electron chi connectivity index (χ2n) is 5.15. The van der Waals surface area contributed by atoms with E-state index >= 15 is 0 Å². The number of nitrogens with one attached hydrogen (secondary N) is 1. The van der Waals surface area contributed by atoms with Crippen molar-refractivity contribution in [2.45, 2.75) is 26.2 Å². The minimum Gasteiger partial charge on any atom is -0.316 e. The first-order valence-corrected chi connectivity index (χ1v) is 6.58. The topological polar surface area (TPSA) is 29.1 Å². The molecule has 0 aromatic heterocycles. The van der Waals surface area contributed by atoms with Gasteiger partial charge in [0.1, 0.15) is 11.6 Å². The van der Waals surface area contributed by atoms with Gasteiger partial charge in [-0.1, -0.05) is 30.7 Å². The Bertz CT molecular complexity index is 455. The Balaban J connectivity index is 2.13. The lowest BCUT2D eigenvalue weighted by molar-refractivity contribution is -0.128. The summed E-state index contributed by atoms with van der Waals surface area (Å²) < 4.78 is 13.3. The van der Waals surface area contributed by atoms with Gasteiger partial charge in [0.05, 0.1) is 5.02 Å². The van der Waals surface area contributed by atoms with Gasteiger partial charge in [0, 0.05) is 18.4 Å². The molecule has 0 radical (unpaired) electrons. The summed E-state index contributed by atoms with van der Waals surface area (Å²) in [6.07, 6.45) is 2.08. The fourth-order valence-electron chi connectivity index (χ4n) is 2.37. The third-order valence-corrected chi connectivity index (χ3v) is 4.08. The van der Waals surface area contributed by atoms with E-state index in [0.29, 0.717) is 12.1 Å². The molecule has 1 N–H and O–H groups in total. The third-order valence-electron chi connectivity index (χ3n) is 3.65. The summed E-state index contributed by atoms with van der Waals surface area (Å²) in [5, 5.41) is 3.31. The molecule has 0 aliphatic carbocycles. The molecule has 1 saturated heterocycles. The number of ketones is 1. The summed E-state index contributed by atoms with van der Waals surface area (Å²) in [6.45, 7) is 3.62. The van der Waals surface area contributed by atoms with Crippen molar-refractivity contribution >= 4 is 17.4 Å². The molecule has 4 heteroatoms. The predicted molar refractivity (Wildman–Crippen MR) is 70.3 cm³/mol. The summed E-state index contributed by atoms with van der Waals surface area (Å²) in [5.74, 6) is -0.337. The number of halogens is 2. The van der Waals surface area contributed by atoms with E-state index in [0.717, 1.165) is 19.4 Å². The first kappa shape index (κ1) is 13.5. The van der Waals surface area contributed by atoms with Gasteiger partial charge in [0.2, 0.25) is 0 Å². The van der Waals surface area contributed by atoms with Crippen LogP contribution in [0.25, 0.3) is 0 Å². The van der Waals surface area contributed by atoms with Gasteiger partial charge in [-0.05, 0) is 31.0 Å². The molecule has 1 aromatic rings. The number of hydrogen-bond acceptors (Lipinski definition) is 2. The van der Waals surface area contributed by atoms with Gasteiger partial charge in [-0.2, -0.15) is 0 Å². The van der Waals surface area contributed by atoms with Gasteiger partial charge in [-0.15, -0.1) is 0 Å². The van der Waals surface area contributed by atoms with E-state index in [2.05, 4.69) is 5.32 Å². The third kappa shape index (κ3) is 2.73. The summed E-state index contributed by atoms with van der Waals surface area (Å²) in [7, 11) is 0. The smallest absolute Gasteiger partial charge is 0.144 e. The zero-order valence-corrected chi connectivity index (χ0v) is 11.2. The Morgan fingerprint density at radius 3 is 3.00 bits per heavy atom. The number of benzene rings is 1. The molecule has 1 fully saturated rings. The second-order valence-corrected chi connectivity index (χ2v) is 5.53. The molecule has 1 aromatic carbocycles. The average molecular weight is 270 g/mol.